The molecule has 1 fully saturated rings. The van der Waals surface area contributed by atoms with Crippen molar-refractivity contribution in [1.29, 1.82) is 5.41 Å². The number of hydrogen-bond acceptors (Lipinski definition) is 7. The lowest BCUT2D eigenvalue weighted by Gasteiger charge is -2.33. The fourth-order valence-corrected chi connectivity index (χ4v) is 6.60. The number of carbonyl (C=O) groups excluding carboxylic acids is 1. The zero-order valence-corrected chi connectivity index (χ0v) is 19.7. The van der Waals surface area contributed by atoms with Crippen LogP contribution in [-0.2, 0) is 23.2 Å². The number of carbonyl (C=O) groups is 1. The third-order valence-corrected chi connectivity index (χ3v) is 8.97. The van der Waals surface area contributed by atoms with Crippen LogP contribution in [-0.4, -0.2) is 70.5 Å². The Bertz CT molecular complexity index is 1350. The van der Waals surface area contributed by atoms with E-state index < -0.39 is 10.2 Å². The molecule has 12 heteroatoms. The first-order valence-corrected chi connectivity index (χ1v) is 12.9. The van der Waals surface area contributed by atoms with Gasteiger partial charge in [-0.3, -0.25) is 10.2 Å². The molecule has 5 rings (SSSR count). The van der Waals surface area contributed by atoms with Crippen molar-refractivity contribution in [3.63, 3.8) is 0 Å². The first kappa shape index (κ1) is 22.0. The van der Waals surface area contributed by atoms with Gasteiger partial charge in [0.05, 0.1) is 5.69 Å². The second-order valence-corrected chi connectivity index (χ2v) is 11.3. The van der Waals surface area contributed by atoms with Crippen LogP contribution in [0.2, 0.25) is 0 Å². The van der Waals surface area contributed by atoms with Crippen molar-refractivity contribution < 1.29 is 13.2 Å². The number of benzene rings is 1. The highest BCUT2D eigenvalue weighted by Crippen LogP contribution is 2.25. The largest absolute Gasteiger partial charge is 0.384 e. The Balaban J connectivity index is 1.29. The second kappa shape index (κ2) is 8.20. The summed E-state index contributed by atoms with van der Waals surface area (Å²) >= 11 is 1.42. The maximum absolute atomic E-state index is 13.2. The summed E-state index contributed by atoms with van der Waals surface area (Å²) in [6, 6.07) is 5.48. The van der Waals surface area contributed by atoms with E-state index in [0.29, 0.717) is 35.1 Å². The van der Waals surface area contributed by atoms with Crippen molar-refractivity contribution in [1.82, 2.24) is 23.5 Å². The molecule has 0 saturated carbocycles. The minimum Gasteiger partial charge on any atom is -0.384 e. The quantitative estimate of drug-likeness (QED) is 0.370. The molecular formula is C21H25N7O3S2. The Kier molecular flexibility index (Phi) is 5.47. The molecule has 33 heavy (non-hydrogen) atoms. The van der Waals surface area contributed by atoms with Crippen molar-refractivity contribution >= 4 is 44.1 Å². The van der Waals surface area contributed by atoms with E-state index in [1.54, 1.807) is 29.3 Å². The normalized spacial score (nSPS) is 19.5. The Labute approximate surface area is 195 Å². The lowest BCUT2D eigenvalue weighted by Crippen LogP contribution is -2.51. The standard InChI is InChI=1S/C21H25N7O3S2/c1-13-8-17-18(10-24-13)32-20(25-17)21(29)26-4-6-27(7-5-26)33(30,31)28-11-15-3-2-14(19(22)23)9-16(15)12-28/h2-3,9,11-13,24H,4-8,10H2,1H3,(H3,22,23). The number of nitrogens with one attached hydrogen (secondary N) is 2. The van der Waals surface area contributed by atoms with Gasteiger partial charge in [-0.25, -0.2) is 8.96 Å². The van der Waals surface area contributed by atoms with Gasteiger partial charge in [-0.05, 0) is 13.0 Å². The number of nitrogens with two attached hydrogens (primary N) is 1. The molecule has 174 valence electrons. The van der Waals surface area contributed by atoms with Crippen LogP contribution in [0, 0.1) is 5.41 Å². The number of piperazine rings is 1. The molecule has 3 aromatic rings. The molecule has 4 heterocycles. The molecule has 10 nitrogen and oxygen atoms in total. The number of amidine groups is 1. The molecule has 0 aliphatic carbocycles. The molecule has 1 aromatic carbocycles. The number of hydrogen-bond donors (Lipinski definition) is 3. The summed E-state index contributed by atoms with van der Waals surface area (Å²) < 4.78 is 29.0. The van der Waals surface area contributed by atoms with E-state index in [1.165, 1.54) is 25.8 Å². The summed E-state index contributed by atoms with van der Waals surface area (Å²) in [4.78, 5) is 20.3. The lowest BCUT2D eigenvalue weighted by atomic mass is 10.1. The molecule has 1 atom stereocenters. The van der Waals surface area contributed by atoms with Gasteiger partial charge in [-0.15, -0.1) is 11.3 Å². The predicted octanol–water partition coefficient (Wildman–Crippen LogP) is 0.967. The molecule has 1 amide bonds. The number of nitrogens with zero attached hydrogens (tertiary/aromatic N) is 4. The summed E-state index contributed by atoms with van der Waals surface area (Å²) in [5.41, 5.74) is 7.07. The fourth-order valence-electron chi connectivity index (χ4n) is 4.21. The SMILES string of the molecule is CC1Cc2nc(C(=O)N3CCN(S(=O)(=O)n4cc5ccc(C(=N)N)cc5c4)CC3)sc2CN1. The minimum absolute atomic E-state index is 0.0693. The van der Waals surface area contributed by atoms with Crippen LogP contribution in [0.3, 0.4) is 0 Å². The number of aromatic nitrogens is 2. The van der Waals surface area contributed by atoms with E-state index in [9.17, 15) is 13.2 Å². The Hall–Kier alpha value is -2.80. The number of amides is 1. The lowest BCUT2D eigenvalue weighted by molar-refractivity contribution is 0.0696. The topological polar surface area (TPSA) is 137 Å². The monoisotopic (exact) mass is 487 g/mol. The van der Waals surface area contributed by atoms with Crippen LogP contribution in [0.4, 0.5) is 0 Å². The number of thiazole rings is 1. The molecule has 2 aliphatic heterocycles. The maximum Gasteiger partial charge on any atom is 0.307 e. The van der Waals surface area contributed by atoms with E-state index >= 15 is 0 Å². The highest BCUT2D eigenvalue weighted by atomic mass is 32.2. The number of fused-ring (bicyclic) bond motifs is 2. The minimum atomic E-state index is -3.77. The van der Waals surface area contributed by atoms with E-state index in [1.807, 2.05) is 0 Å². The van der Waals surface area contributed by atoms with Gasteiger partial charge in [-0.2, -0.15) is 12.7 Å². The van der Waals surface area contributed by atoms with Gasteiger partial charge in [0.25, 0.3) is 5.91 Å². The first-order chi connectivity index (χ1) is 15.7. The van der Waals surface area contributed by atoms with Crippen molar-refractivity contribution in [3.8, 4) is 0 Å². The van der Waals surface area contributed by atoms with Crippen molar-refractivity contribution in [2.45, 2.75) is 25.9 Å². The number of nitrogen functional groups attached to an aromatic ring is 1. The fraction of sp³-hybridized carbons (Fsp3) is 0.381. The molecular weight excluding hydrogens is 462 g/mol. The molecule has 1 unspecified atom stereocenters. The summed E-state index contributed by atoms with van der Waals surface area (Å²) in [6.07, 6.45) is 3.90. The average molecular weight is 488 g/mol. The summed E-state index contributed by atoms with van der Waals surface area (Å²) in [5.74, 6) is -0.206. The van der Waals surface area contributed by atoms with Crippen molar-refractivity contribution in [3.05, 3.63) is 51.7 Å². The second-order valence-electron chi connectivity index (χ2n) is 8.42. The van der Waals surface area contributed by atoms with Gasteiger partial charge < -0.3 is 16.0 Å². The highest BCUT2D eigenvalue weighted by molar-refractivity contribution is 7.87. The van der Waals surface area contributed by atoms with E-state index in [2.05, 4.69) is 17.2 Å². The predicted molar refractivity (Wildman–Crippen MR) is 127 cm³/mol. The van der Waals surface area contributed by atoms with Crippen LogP contribution in [0.1, 0.15) is 32.9 Å². The van der Waals surface area contributed by atoms with Gasteiger partial charge in [0.2, 0.25) is 0 Å². The molecule has 0 bridgehead atoms. The van der Waals surface area contributed by atoms with Crippen LogP contribution in [0.25, 0.3) is 10.8 Å². The van der Waals surface area contributed by atoms with E-state index in [0.717, 1.165) is 28.9 Å². The van der Waals surface area contributed by atoms with E-state index in [4.69, 9.17) is 11.1 Å². The third-order valence-electron chi connectivity index (χ3n) is 6.12. The zero-order chi connectivity index (χ0) is 23.3. The number of rotatable bonds is 4. The van der Waals surface area contributed by atoms with Gasteiger partial charge in [0.15, 0.2) is 5.01 Å². The van der Waals surface area contributed by atoms with Gasteiger partial charge in [-0.1, -0.05) is 12.1 Å². The first-order valence-electron chi connectivity index (χ1n) is 10.7. The smallest absolute Gasteiger partial charge is 0.307 e. The third kappa shape index (κ3) is 4.03. The summed E-state index contributed by atoms with van der Waals surface area (Å²) in [5, 5.41) is 12.9. The molecule has 0 radical (unpaired) electrons. The van der Waals surface area contributed by atoms with Crippen LogP contribution < -0.4 is 11.1 Å². The molecule has 1 saturated heterocycles. The highest BCUT2D eigenvalue weighted by Gasteiger charge is 2.32. The molecule has 2 aliphatic rings. The summed E-state index contributed by atoms with van der Waals surface area (Å²) in [6.45, 7) is 3.88. The van der Waals surface area contributed by atoms with Crippen LogP contribution in [0.15, 0.2) is 30.6 Å². The van der Waals surface area contributed by atoms with Crippen molar-refractivity contribution in [2.75, 3.05) is 26.2 Å². The Morgan fingerprint density at radius 3 is 2.67 bits per heavy atom. The van der Waals surface area contributed by atoms with Gasteiger partial charge in [0.1, 0.15) is 5.84 Å². The van der Waals surface area contributed by atoms with Crippen molar-refractivity contribution in [2.24, 2.45) is 5.73 Å². The zero-order valence-electron chi connectivity index (χ0n) is 18.1. The van der Waals surface area contributed by atoms with Gasteiger partial charge >= 0.3 is 10.2 Å². The average Bonchev–Trinajstić information content (AvgIpc) is 3.42. The molecule has 2 aromatic heterocycles. The van der Waals surface area contributed by atoms with Crippen LogP contribution in [0.5, 0.6) is 0 Å². The van der Waals surface area contributed by atoms with Gasteiger partial charge in [0, 0.05) is 78.8 Å². The maximum atomic E-state index is 13.2. The Morgan fingerprint density at radius 2 is 1.94 bits per heavy atom. The molecule has 0 spiro atoms. The van der Waals surface area contributed by atoms with Crippen LogP contribution >= 0.6 is 11.3 Å². The summed E-state index contributed by atoms with van der Waals surface area (Å²) in [7, 11) is -3.77. The molecule has 4 N–H and O–H groups in total. The van der Waals surface area contributed by atoms with E-state index in [-0.39, 0.29) is 24.8 Å². The Morgan fingerprint density at radius 1 is 1.21 bits per heavy atom.